The molecule has 2 heterocycles. The summed E-state index contributed by atoms with van der Waals surface area (Å²) in [7, 11) is 1.63. The Morgan fingerprint density at radius 1 is 1.00 bits per heavy atom. The zero-order valence-corrected chi connectivity index (χ0v) is 18.3. The Bertz CT molecular complexity index is 983. The van der Waals surface area contributed by atoms with Gasteiger partial charge in [0, 0.05) is 38.2 Å². The van der Waals surface area contributed by atoms with Crippen molar-refractivity contribution in [1.29, 1.82) is 0 Å². The largest absolute Gasteiger partial charge is 0.497 e. The number of nitrogens with zero attached hydrogens (tertiary/aromatic N) is 4. The average Bonchev–Trinajstić information content (AvgIpc) is 3.31. The Morgan fingerprint density at radius 2 is 1.75 bits per heavy atom. The molecule has 8 nitrogen and oxygen atoms in total. The van der Waals surface area contributed by atoms with Gasteiger partial charge in [0.2, 0.25) is 17.6 Å². The SMILES string of the molecule is COc1ccc(-c2noc(CN3CCN(C(=O)CCCOc4ccccc4)CC3)n2)cc1. The number of amides is 1. The molecule has 0 spiro atoms. The third-order valence-electron chi connectivity index (χ3n) is 5.45. The van der Waals surface area contributed by atoms with E-state index in [0.717, 1.165) is 30.2 Å². The van der Waals surface area contributed by atoms with Crippen LogP contribution in [0, 0.1) is 0 Å². The second-order valence-corrected chi connectivity index (χ2v) is 7.66. The number of carbonyl (C=O) groups excluding carboxylic acids is 1. The quantitative estimate of drug-likeness (QED) is 0.476. The van der Waals surface area contributed by atoms with Gasteiger partial charge < -0.3 is 18.9 Å². The second kappa shape index (κ2) is 10.8. The van der Waals surface area contributed by atoms with Gasteiger partial charge in [-0.2, -0.15) is 4.98 Å². The summed E-state index contributed by atoms with van der Waals surface area (Å²) in [6, 6.07) is 17.2. The predicted octanol–water partition coefficient (Wildman–Crippen LogP) is 3.25. The van der Waals surface area contributed by atoms with E-state index in [-0.39, 0.29) is 5.91 Å². The first-order chi connectivity index (χ1) is 15.7. The van der Waals surface area contributed by atoms with E-state index in [1.54, 1.807) is 7.11 Å². The molecule has 8 heteroatoms. The molecule has 0 aliphatic carbocycles. The van der Waals surface area contributed by atoms with Crippen molar-refractivity contribution in [2.75, 3.05) is 39.9 Å². The molecule has 2 aromatic carbocycles. The molecule has 0 unspecified atom stereocenters. The normalized spacial score (nSPS) is 14.3. The summed E-state index contributed by atoms with van der Waals surface area (Å²) in [5.74, 6) is 2.95. The van der Waals surface area contributed by atoms with E-state index in [1.807, 2.05) is 59.5 Å². The first-order valence-corrected chi connectivity index (χ1v) is 10.9. The fourth-order valence-corrected chi connectivity index (χ4v) is 3.61. The lowest BCUT2D eigenvalue weighted by Crippen LogP contribution is -2.48. The molecular weight excluding hydrogens is 408 g/mol. The number of benzene rings is 2. The fourth-order valence-electron chi connectivity index (χ4n) is 3.61. The number of rotatable bonds is 9. The first-order valence-electron chi connectivity index (χ1n) is 10.9. The van der Waals surface area contributed by atoms with Gasteiger partial charge in [-0.1, -0.05) is 23.4 Å². The Morgan fingerprint density at radius 3 is 2.47 bits per heavy atom. The second-order valence-electron chi connectivity index (χ2n) is 7.66. The van der Waals surface area contributed by atoms with Crippen molar-refractivity contribution in [2.24, 2.45) is 0 Å². The van der Waals surface area contributed by atoms with E-state index >= 15 is 0 Å². The highest BCUT2D eigenvalue weighted by atomic mass is 16.5. The Kier molecular flexibility index (Phi) is 7.34. The zero-order valence-electron chi connectivity index (χ0n) is 18.3. The van der Waals surface area contributed by atoms with Crippen LogP contribution >= 0.6 is 0 Å². The van der Waals surface area contributed by atoms with Crippen LogP contribution in [0.3, 0.4) is 0 Å². The lowest BCUT2D eigenvalue weighted by Gasteiger charge is -2.34. The number of piperazine rings is 1. The summed E-state index contributed by atoms with van der Waals surface area (Å²) in [6.45, 7) is 4.11. The third kappa shape index (κ3) is 5.85. The van der Waals surface area contributed by atoms with Crippen molar-refractivity contribution in [2.45, 2.75) is 19.4 Å². The Labute approximate surface area is 187 Å². The molecule has 1 aliphatic rings. The van der Waals surface area contributed by atoms with Gasteiger partial charge >= 0.3 is 0 Å². The van der Waals surface area contributed by atoms with E-state index in [4.69, 9.17) is 14.0 Å². The summed E-state index contributed by atoms with van der Waals surface area (Å²) < 4.78 is 16.3. The number of para-hydroxylation sites is 1. The van der Waals surface area contributed by atoms with Crippen molar-refractivity contribution in [1.82, 2.24) is 19.9 Å². The Hall–Kier alpha value is -3.39. The minimum Gasteiger partial charge on any atom is -0.497 e. The number of ether oxygens (including phenoxy) is 2. The van der Waals surface area contributed by atoms with Crippen LogP contribution in [0.2, 0.25) is 0 Å². The van der Waals surface area contributed by atoms with Crippen molar-refractivity contribution < 1.29 is 18.8 Å². The molecule has 168 valence electrons. The van der Waals surface area contributed by atoms with Gasteiger partial charge in [0.15, 0.2) is 0 Å². The summed E-state index contributed by atoms with van der Waals surface area (Å²) in [5, 5.41) is 4.08. The third-order valence-corrected chi connectivity index (χ3v) is 5.45. The molecule has 1 amide bonds. The standard InChI is InChI=1S/C24H28N4O4/c1-30-20-11-9-19(10-12-20)24-25-22(32-26-24)18-27-13-15-28(16-14-27)23(29)8-5-17-31-21-6-3-2-4-7-21/h2-4,6-7,9-12H,5,8,13-18H2,1H3. The van der Waals surface area contributed by atoms with E-state index in [1.165, 1.54) is 0 Å². The van der Waals surface area contributed by atoms with E-state index in [0.29, 0.717) is 50.8 Å². The average molecular weight is 437 g/mol. The van der Waals surface area contributed by atoms with Crippen LogP contribution < -0.4 is 9.47 Å². The minimum absolute atomic E-state index is 0.181. The van der Waals surface area contributed by atoms with Crippen LogP contribution in [0.25, 0.3) is 11.4 Å². The van der Waals surface area contributed by atoms with Crippen LogP contribution in [-0.2, 0) is 11.3 Å². The number of methoxy groups -OCH3 is 1. The maximum Gasteiger partial charge on any atom is 0.241 e. The minimum atomic E-state index is 0.181. The van der Waals surface area contributed by atoms with Crippen molar-refractivity contribution in [3.63, 3.8) is 0 Å². The van der Waals surface area contributed by atoms with E-state index in [2.05, 4.69) is 15.0 Å². The number of aromatic nitrogens is 2. The van der Waals surface area contributed by atoms with Crippen LogP contribution in [-0.4, -0.2) is 65.7 Å². The lowest BCUT2D eigenvalue weighted by atomic mass is 10.2. The lowest BCUT2D eigenvalue weighted by molar-refractivity contribution is -0.133. The molecule has 0 bridgehead atoms. The molecule has 0 radical (unpaired) electrons. The topological polar surface area (TPSA) is 80.9 Å². The van der Waals surface area contributed by atoms with Crippen LogP contribution in [0.4, 0.5) is 0 Å². The summed E-state index contributed by atoms with van der Waals surface area (Å²) in [4.78, 5) is 21.1. The van der Waals surface area contributed by atoms with Gasteiger partial charge in [-0.25, -0.2) is 0 Å². The summed E-state index contributed by atoms with van der Waals surface area (Å²) in [5.41, 5.74) is 0.882. The van der Waals surface area contributed by atoms with Gasteiger partial charge in [-0.3, -0.25) is 9.69 Å². The maximum absolute atomic E-state index is 12.5. The molecular formula is C24H28N4O4. The summed E-state index contributed by atoms with van der Waals surface area (Å²) in [6.07, 6.45) is 1.21. The first kappa shape index (κ1) is 21.8. The maximum atomic E-state index is 12.5. The fraction of sp³-hybridized carbons (Fsp3) is 0.375. The number of hydrogen-bond acceptors (Lipinski definition) is 7. The number of carbonyl (C=O) groups is 1. The highest BCUT2D eigenvalue weighted by Crippen LogP contribution is 2.20. The monoisotopic (exact) mass is 436 g/mol. The molecule has 3 aromatic rings. The van der Waals surface area contributed by atoms with E-state index < -0.39 is 0 Å². The molecule has 1 aromatic heterocycles. The molecule has 4 rings (SSSR count). The smallest absolute Gasteiger partial charge is 0.241 e. The van der Waals surface area contributed by atoms with E-state index in [9.17, 15) is 4.79 Å². The molecule has 1 aliphatic heterocycles. The van der Waals surface area contributed by atoms with Gasteiger partial charge in [0.05, 0.1) is 20.3 Å². The van der Waals surface area contributed by atoms with Gasteiger partial charge in [-0.15, -0.1) is 0 Å². The van der Waals surface area contributed by atoms with Crippen LogP contribution in [0.5, 0.6) is 11.5 Å². The molecule has 1 fully saturated rings. The predicted molar refractivity (Wildman–Crippen MR) is 119 cm³/mol. The summed E-state index contributed by atoms with van der Waals surface area (Å²) >= 11 is 0. The van der Waals surface area contributed by atoms with Gasteiger partial charge in [-0.05, 0) is 42.8 Å². The molecule has 32 heavy (non-hydrogen) atoms. The van der Waals surface area contributed by atoms with Crippen molar-refractivity contribution in [3.8, 4) is 22.9 Å². The van der Waals surface area contributed by atoms with Crippen LogP contribution in [0.1, 0.15) is 18.7 Å². The van der Waals surface area contributed by atoms with Crippen molar-refractivity contribution >= 4 is 5.91 Å². The van der Waals surface area contributed by atoms with Gasteiger partial charge in [0.1, 0.15) is 11.5 Å². The highest BCUT2D eigenvalue weighted by Gasteiger charge is 2.22. The highest BCUT2D eigenvalue weighted by molar-refractivity contribution is 5.76. The Balaban J connectivity index is 1.18. The van der Waals surface area contributed by atoms with Crippen LogP contribution in [0.15, 0.2) is 59.1 Å². The van der Waals surface area contributed by atoms with Gasteiger partial charge in [0.25, 0.3) is 0 Å². The molecule has 0 saturated carbocycles. The molecule has 0 N–H and O–H groups in total. The number of hydrogen-bond donors (Lipinski definition) is 0. The zero-order chi connectivity index (χ0) is 22.2. The van der Waals surface area contributed by atoms with Crippen molar-refractivity contribution in [3.05, 3.63) is 60.5 Å². The molecule has 0 atom stereocenters. The molecule has 1 saturated heterocycles.